The molecule has 1 heterocycles. The SMILES string of the molecule is CCCc1nc2c(OC)cccc2cc1O. The van der Waals surface area contributed by atoms with E-state index in [0.717, 1.165) is 35.2 Å². The van der Waals surface area contributed by atoms with Gasteiger partial charge in [-0.1, -0.05) is 25.5 Å². The van der Waals surface area contributed by atoms with Crippen LogP contribution >= 0.6 is 0 Å². The zero-order chi connectivity index (χ0) is 11.5. The van der Waals surface area contributed by atoms with E-state index < -0.39 is 0 Å². The van der Waals surface area contributed by atoms with Gasteiger partial charge in [-0.2, -0.15) is 0 Å². The number of rotatable bonds is 3. The first-order chi connectivity index (χ1) is 7.76. The normalized spacial score (nSPS) is 10.6. The lowest BCUT2D eigenvalue weighted by molar-refractivity contribution is 0.418. The van der Waals surface area contributed by atoms with E-state index in [-0.39, 0.29) is 5.75 Å². The lowest BCUT2D eigenvalue weighted by Gasteiger charge is -2.08. The summed E-state index contributed by atoms with van der Waals surface area (Å²) >= 11 is 0. The summed E-state index contributed by atoms with van der Waals surface area (Å²) in [6, 6.07) is 7.43. The molecule has 0 fully saturated rings. The van der Waals surface area contributed by atoms with Gasteiger partial charge in [0.1, 0.15) is 17.0 Å². The van der Waals surface area contributed by atoms with E-state index in [4.69, 9.17) is 4.74 Å². The molecule has 0 bridgehead atoms. The number of methoxy groups -OCH3 is 1. The molecule has 16 heavy (non-hydrogen) atoms. The second-order valence-electron chi connectivity index (χ2n) is 3.74. The molecule has 0 amide bonds. The van der Waals surface area contributed by atoms with Crippen LogP contribution in [0.25, 0.3) is 10.9 Å². The Morgan fingerprint density at radius 3 is 2.88 bits per heavy atom. The van der Waals surface area contributed by atoms with Crippen LogP contribution in [0.2, 0.25) is 0 Å². The smallest absolute Gasteiger partial charge is 0.145 e. The minimum absolute atomic E-state index is 0.266. The number of para-hydroxylation sites is 1. The highest BCUT2D eigenvalue weighted by Gasteiger charge is 2.08. The first-order valence-corrected chi connectivity index (χ1v) is 5.42. The standard InChI is InChI=1S/C13H15NO2/c1-3-5-10-11(15)8-9-6-4-7-12(16-2)13(9)14-10/h4,6-8,15H,3,5H2,1-2H3. The molecule has 84 valence electrons. The molecular weight excluding hydrogens is 202 g/mol. The van der Waals surface area contributed by atoms with Gasteiger partial charge in [0, 0.05) is 5.39 Å². The Bertz CT molecular complexity index is 509. The van der Waals surface area contributed by atoms with Crippen LogP contribution in [-0.2, 0) is 6.42 Å². The van der Waals surface area contributed by atoms with E-state index in [1.165, 1.54) is 0 Å². The fourth-order valence-electron chi connectivity index (χ4n) is 1.78. The monoisotopic (exact) mass is 217 g/mol. The van der Waals surface area contributed by atoms with Crippen LogP contribution < -0.4 is 4.74 Å². The molecule has 3 nitrogen and oxygen atoms in total. The summed E-state index contributed by atoms with van der Waals surface area (Å²) in [5, 5.41) is 10.7. The number of fused-ring (bicyclic) bond motifs is 1. The van der Waals surface area contributed by atoms with Crippen LogP contribution in [0, 0.1) is 0 Å². The highest BCUT2D eigenvalue weighted by Crippen LogP contribution is 2.28. The number of pyridine rings is 1. The topological polar surface area (TPSA) is 42.4 Å². The maximum absolute atomic E-state index is 9.80. The van der Waals surface area contributed by atoms with Crippen molar-refractivity contribution in [1.29, 1.82) is 0 Å². The molecular formula is C13H15NO2. The molecule has 0 aliphatic carbocycles. The molecule has 0 aliphatic rings. The fraction of sp³-hybridized carbons (Fsp3) is 0.308. The summed E-state index contributed by atoms with van der Waals surface area (Å²) in [6.45, 7) is 2.06. The minimum atomic E-state index is 0.266. The van der Waals surface area contributed by atoms with Gasteiger partial charge >= 0.3 is 0 Å². The molecule has 0 saturated carbocycles. The lowest BCUT2D eigenvalue weighted by Crippen LogP contribution is -1.93. The van der Waals surface area contributed by atoms with Crippen LogP contribution in [-0.4, -0.2) is 17.2 Å². The van der Waals surface area contributed by atoms with Gasteiger partial charge < -0.3 is 9.84 Å². The second kappa shape index (κ2) is 4.39. The molecule has 1 N–H and O–H groups in total. The largest absolute Gasteiger partial charge is 0.506 e. The first kappa shape index (κ1) is 10.7. The van der Waals surface area contributed by atoms with Gasteiger partial charge in [-0.05, 0) is 18.6 Å². The van der Waals surface area contributed by atoms with E-state index >= 15 is 0 Å². The molecule has 0 atom stereocenters. The molecule has 0 unspecified atom stereocenters. The molecule has 0 saturated heterocycles. The zero-order valence-electron chi connectivity index (χ0n) is 9.53. The zero-order valence-corrected chi connectivity index (χ0v) is 9.53. The number of ether oxygens (including phenoxy) is 1. The van der Waals surface area contributed by atoms with Gasteiger partial charge in [-0.3, -0.25) is 0 Å². The molecule has 0 radical (unpaired) electrons. The predicted octanol–water partition coefficient (Wildman–Crippen LogP) is 2.90. The first-order valence-electron chi connectivity index (χ1n) is 5.42. The van der Waals surface area contributed by atoms with Crippen LogP contribution in [0.15, 0.2) is 24.3 Å². The maximum atomic E-state index is 9.80. The third kappa shape index (κ3) is 1.81. The summed E-state index contributed by atoms with van der Waals surface area (Å²) < 4.78 is 5.26. The number of nitrogens with zero attached hydrogens (tertiary/aromatic N) is 1. The van der Waals surface area contributed by atoms with E-state index in [1.807, 2.05) is 18.2 Å². The molecule has 1 aromatic carbocycles. The molecule has 0 aliphatic heterocycles. The number of aromatic nitrogens is 1. The molecule has 3 heteroatoms. The van der Waals surface area contributed by atoms with Gasteiger partial charge in [0.05, 0.1) is 12.8 Å². The van der Waals surface area contributed by atoms with Gasteiger partial charge in [0.2, 0.25) is 0 Å². The highest BCUT2D eigenvalue weighted by atomic mass is 16.5. The molecule has 2 aromatic rings. The molecule has 1 aromatic heterocycles. The van der Waals surface area contributed by atoms with Gasteiger partial charge in [-0.25, -0.2) is 4.98 Å². The van der Waals surface area contributed by atoms with E-state index in [1.54, 1.807) is 13.2 Å². The van der Waals surface area contributed by atoms with Crippen molar-refractivity contribution >= 4 is 10.9 Å². The quantitative estimate of drug-likeness (QED) is 0.859. The number of benzene rings is 1. The average Bonchev–Trinajstić information content (AvgIpc) is 2.29. The van der Waals surface area contributed by atoms with Crippen molar-refractivity contribution in [2.75, 3.05) is 7.11 Å². The third-order valence-corrected chi connectivity index (χ3v) is 2.57. The van der Waals surface area contributed by atoms with Crippen molar-refractivity contribution in [2.24, 2.45) is 0 Å². The summed E-state index contributed by atoms with van der Waals surface area (Å²) in [5.41, 5.74) is 1.55. The number of hydrogen-bond acceptors (Lipinski definition) is 3. The number of aryl methyl sites for hydroxylation is 1. The average molecular weight is 217 g/mol. The van der Waals surface area contributed by atoms with Crippen LogP contribution in [0.5, 0.6) is 11.5 Å². The van der Waals surface area contributed by atoms with Crippen molar-refractivity contribution in [3.63, 3.8) is 0 Å². The highest BCUT2D eigenvalue weighted by molar-refractivity contribution is 5.85. The Labute approximate surface area is 94.7 Å². The van der Waals surface area contributed by atoms with Crippen molar-refractivity contribution in [3.8, 4) is 11.5 Å². The fourth-order valence-corrected chi connectivity index (χ4v) is 1.78. The van der Waals surface area contributed by atoms with E-state index in [9.17, 15) is 5.11 Å². The third-order valence-electron chi connectivity index (χ3n) is 2.57. The number of hydrogen-bond donors (Lipinski definition) is 1. The lowest BCUT2D eigenvalue weighted by atomic mass is 10.1. The second-order valence-corrected chi connectivity index (χ2v) is 3.74. The predicted molar refractivity (Wildman–Crippen MR) is 64.0 cm³/mol. The van der Waals surface area contributed by atoms with Crippen molar-refractivity contribution in [2.45, 2.75) is 19.8 Å². The summed E-state index contributed by atoms with van der Waals surface area (Å²) in [5.74, 6) is 1.01. The van der Waals surface area contributed by atoms with Crippen LogP contribution in [0.3, 0.4) is 0 Å². The van der Waals surface area contributed by atoms with Crippen molar-refractivity contribution in [1.82, 2.24) is 4.98 Å². The molecule has 0 spiro atoms. The summed E-state index contributed by atoms with van der Waals surface area (Å²) in [6.07, 6.45) is 1.74. The number of aromatic hydroxyl groups is 1. The summed E-state index contributed by atoms with van der Waals surface area (Å²) in [7, 11) is 1.63. The van der Waals surface area contributed by atoms with Gasteiger partial charge in [0.15, 0.2) is 0 Å². The van der Waals surface area contributed by atoms with E-state index in [2.05, 4.69) is 11.9 Å². The van der Waals surface area contributed by atoms with Gasteiger partial charge in [-0.15, -0.1) is 0 Å². The van der Waals surface area contributed by atoms with Gasteiger partial charge in [0.25, 0.3) is 0 Å². The molecule has 2 rings (SSSR count). The Morgan fingerprint density at radius 1 is 1.38 bits per heavy atom. The van der Waals surface area contributed by atoms with Crippen molar-refractivity contribution < 1.29 is 9.84 Å². The Balaban J connectivity index is 2.65. The Hall–Kier alpha value is -1.77. The Kier molecular flexibility index (Phi) is 2.95. The van der Waals surface area contributed by atoms with Crippen molar-refractivity contribution in [3.05, 3.63) is 30.0 Å². The Morgan fingerprint density at radius 2 is 2.19 bits per heavy atom. The van der Waals surface area contributed by atoms with Crippen LogP contribution in [0.4, 0.5) is 0 Å². The van der Waals surface area contributed by atoms with Crippen LogP contribution in [0.1, 0.15) is 19.0 Å². The summed E-state index contributed by atoms with van der Waals surface area (Å²) in [4.78, 5) is 4.46. The van der Waals surface area contributed by atoms with E-state index in [0.29, 0.717) is 0 Å². The minimum Gasteiger partial charge on any atom is -0.506 e. The maximum Gasteiger partial charge on any atom is 0.145 e.